The second-order valence-electron chi connectivity index (χ2n) is 4.98. The number of hydrogen-bond acceptors (Lipinski definition) is 5. The van der Waals surface area contributed by atoms with Crippen molar-refractivity contribution in [2.24, 2.45) is 0 Å². The standard InChI is InChI=1S/C17H14ClN5O/c18-13-2-1-3-14(10-13)21-16-5-4-15(22-23-16)17(24)20-11-12-6-8-19-9-7-12/h1-10H,11H2,(H,20,24)(H,21,23). The van der Waals surface area contributed by atoms with Crippen molar-refractivity contribution >= 4 is 29.0 Å². The highest BCUT2D eigenvalue weighted by Crippen LogP contribution is 2.18. The van der Waals surface area contributed by atoms with E-state index in [1.54, 1.807) is 36.7 Å². The van der Waals surface area contributed by atoms with E-state index in [0.29, 0.717) is 17.4 Å². The Balaban J connectivity index is 1.60. The van der Waals surface area contributed by atoms with Gasteiger partial charge in [0, 0.05) is 29.6 Å². The third-order valence-corrected chi connectivity index (χ3v) is 3.43. The van der Waals surface area contributed by atoms with E-state index in [1.807, 2.05) is 24.3 Å². The average Bonchev–Trinajstić information content (AvgIpc) is 2.61. The van der Waals surface area contributed by atoms with Crippen molar-refractivity contribution in [2.75, 3.05) is 5.32 Å². The van der Waals surface area contributed by atoms with Gasteiger partial charge in [0.15, 0.2) is 11.5 Å². The summed E-state index contributed by atoms with van der Waals surface area (Å²) in [7, 11) is 0. The van der Waals surface area contributed by atoms with Crippen LogP contribution in [-0.4, -0.2) is 21.1 Å². The first-order valence-corrected chi connectivity index (χ1v) is 7.62. The number of pyridine rings is 1. The fraction of sp³-hybridized carbons (Fsp3) is 0.0588. The summed E-state index contributed by atoms with van der Waals surface area (Å²) in [6.45, 7) is 0.408. The van der Waals surface area contributed by atoms with Gasteiger partial charge in [0.05, 0.1) is 0 Å². The third kappa shape index (κ3) is 4.27. The molecule has 24 heavy (non-hydrogen) atoms. The molecule has 0 saturated heterocycles. The van der Waals surface area contributed by atoms with Crippen molar-refractivity contribution in [3.05, 3.63) is 77.2 Å². The number of aromatic nitrogens is 3. The van der Waals surface area contributed by atoms with Crippen molar-refractivity contribution in [1.29, 1.82) is 0 Å². The molecule has 2 N–H and O–H groups in total. The van der Waals surface area contributed by atoms with Crippen molar-refractivity contribution < 1.29 is 4.79 Å². The second kappa shape index (κ2) is 7.52. The minimum atomic E-state index is -0.284. The van der Waals surface area contributed by atoms with Crippen LogP contribution in [0.15, 0.2) is 60.9 Å². The molecule has 6 nitrogen and oxygen atoms in total. The van der Waals surface area contributed by atoms with Gasteiger partial charge in [-0.2, -0.15) is 0 Å². The molecule has 0 saturated carbocycles. The lowest BCUT2D eigenvalue weighted by Crippen LogP contribution is -2.24. The van der Waals surface area contributed by atoms with Gasteiger partial charge in [0.25, 0.3) is 5.91 Å². The predicted octanol–water partition coefficient (Wildman–Crippen LogP) is 3.20. The van der Waals surface area contributed by atoms with Crippen LogP contribution < -0.4 is 10.6 Å². The minimum absolute atomic E-state index is 0.251. The maximum Gasteiger partial charge on any atom is 0.272 e. The molecule has 0 unspecified atom stereocenters. The number of anilines is 2. The number of carbonyl (C=O) groups excluding carboxylic acids is 1. The van der Waals surface area contributed by atoms with Gasteiger partial charge in [-0.25, -0.2) is 0 Å². The van der Waals surface area contributed by atoms with E-state index in [0.717, 1.165) is 11.3 Å². The highest BCUT2D eigenvalue weighted by molar-refractivity contribution is 6.30. The van der Waals surface area contributed by atoms with Crippen molar-refractivity contribution in [2.45, 2.75) is 6.54 Å². The van der Waals surface area contributed by atoms with Crippen LogP contribution in [0.1, 0.15) is 16.1 Å². The lowest BCUT2D eigenvalue weighted by Gasteiger charge is -2.07. The number of carbonyl (C=O) groups is 1. The molecule has 0 aliphatic rings. The summed E-state index contributed by atoms with van der Waals surface area (Å²) in [4.78, 5) is 16.0. The molecule has 1 amide bonds. The number of rotatable bonds is 5. The van der Waals surface area contributed by atoms with Gasteiger partial charge in [-0.3, -0.25) is 9.78 Å². The van der Waals surface area contributed by atoms with Crippen LogP contribution in [-0.2, 0) is 6.54 Å². The molecular weight excluding hydrogens is 326 g/mol. The van der Waals surface area contributed by atoms with E-state index in [-0.39, 0.29) is 11.6 Å². The zero-order valence-corrected chi connectivity index (χ0v) is 13.4. The maximum absolute atomic E-state index is 12.1. The molecular formula is C17H14ClN5O. The first-order chi connectivity index (χ1) is 11.7. The van der Waals surface area contributed by atoms with E-state index in [9.17, 15) is 4.79 Å². The fourth-order valence-electron chi connectivity index (χ4n) is 2.01. The molecule has 3 rings (SSSR count). The minimum Gasteiger partial charge on any atom is -0.347 e. The second-order valence-corrected chi connectivity index (χ2v) is 5.41. The van der Waals surface area contributed by atoms with E-state index in [2.05, 4.69) is 25.8 Å². The maximum atomic E-state index is 12.1. The molecule has 7 heteroatoms. The van der Waals surface area contributed by atoms with Crippen LogP contribution in [0, 0.1) is 0 Å². The summed E-state index contributed by atoms with van der Waals surface area (Å²) >= 11 is 5.93. The number of amides is 1. The molecule has 2 aromatic heterocycles. The van der Waals surface area contributed by atoms with Crippen molar-refractivity contribution in [3.63, 3.8) is 0 Å². The zero-order valence-electron chi connectivity index (χ0n) is 12.6. The fourth-order valence-corrected chi connectivity index (χ4v) is 2.20. The first-order valence-electron chi connectivity index (χ1n) is 7.24. The number of hydrogen-bond donors (Lipinski definition) is 2. The largest absolute Gasteiger partial charge is 0.347 e. The Hall–Kier alpha value is -2.99. The van der Waals surface area contributed by atoms with Crippen LogP contribution in [0.3, 0.4) is 0 Å². The number of nitrogens with one attached hydrogen (secondary N) is 2. The first kappa shape index (κ1) is 15.9. The summed E-state index contributed by atoms with van der Waals surface area (Å²) < 4.78 is 0. The lowest BCUT2D eigenvalue weighted by atomic mass is 10.2. The Bertz CT molecular complexity index is 824. The molecule has 3 aromatic rings. The van der Waals surface area contributed by atoms with E-state index in [1.165, 1.54) is 0 Å². The van der Waals surface area contributed by atoms with Crippen molar-refractivity contribution in [1.82, 2.24) is 20.5 Å². The molecule has 0 bridgehead atoms. The SMILES string of the molecule is O=C(NCc1ccncc1)c1ccc(Nc2cccc(Cl)c2)nn1. The van der Waals surface area contributed by atoms with Crippen LogP contribution in [0.5, 0.6) is 0 Å². The smallest absolute Gasteiger partial charge is 0.272 e. The Kier molecular flexibility index (Phi) is 4.98. The summed E-state index contributed by atoms with van der Waals surface area (Å²) in [5.74, 6) is 0.247. The average molecular weight is 340 g/mol. The quantitative estimate of drug-likeness (QED) is 0.746. The highest BCUT2D eigenvalue weighted by Gasteiger charge is 2.08. The normalized spacial score (nSPS) is 10.2. The Labute approximate surface area is 143 Å². The van der Waals surface area contributed by atoms with E-state index < -0.39 is 0 Å². The van der Waals surface area contributed by atoms with Crippen LogP contribution in [0.2, 0.25) is 5.02 Å². The van der Waals surface area contributed by atoms with Gasteiger partial charge in [-0.15, -0.1) is 10.2 Å². The zero-order chi connectivity index (χ0) is 16.8. The molecule has 0 radical (unpaired) electrons. The summed E-state index contributed by atoms with van der Waals surface area (Å²) in [5, 5.41) is 14.4. The molecule has 2 heterocycles. The number of benzene rings is 1. The third-order valence-electron chi connectivity index (χ3n) is 3.20. The van der Waals surface area contributed by atoms with E-state index >= 15 is 0 Å². The summed E-state index contributed by atoms with van der Waals surface area (Å²) in [6, 6.07) is 14.2. The number of halogens is 1. The number of nitrogens with zero attached hydrogens (tertiary/aromatic N) is 3. The Morgan fingerprint density at radius 2 is 1.88 bits per heavy atom. The Morgan fingerprint density at radius 1 is 1.04 bits per heavy atom. The summed E-state index contributed by atoms with van der Waals surface area (Å²) in [6.07, 6.45) is 3.36. The monoisotopic (exact) mass is 339 g/mol. The highest BCUT2D eigenvalue weighted by atomic mass is 35.5. The lowest BCUT2D eigenvalue weighted by molar-refractivity contribution is 0.0945. The molecule has 0 spiro atoms. The molecule has 0 aliphatic heterocycles. The van der Waals surface area contributed by atoms with E-state index in [4.69, 9.17) is 11.6 Å². The molecule has 0 atom stereocenters. The van der Waals surface area contributed by atoms with Gasteiger partial charge in [0.2, 0.25) is 0 Å². The Morgan fingerprint density at radius 3 is 2.58 bits per heavy atom. The van der Waals surface area contributed by atoms with Gasteiger partial charge < -0.3 is 10.6 Å². The molecule has 120 valence electrons. The topological polar surface area (TPSA) is 79.8 Å². The van der Waals surface area contributed by atoms with Crippen LogP contribution in [0.4, 0.5) is 11.5 Å². The van der Waals surface area contributed by atoms with Gasteiger partial charge >= 0.3 is 0 Å². The van der Waals surface area contributed by atoms with Gasteiger partial charge in [0.1, 0.15) is 0 Å². The van der Waals surface area contributed by atoms with Crippen molar-refractivity contribution in [3.8, 4) is 0 Å². The summed E-state index contributed by atoms with van der Waals surface area (Å²) in [5.41, 5.74) is 2.01. The van der Waals surface area contributed by atoms with Gasteiger partial charge in [-0.1, -0.05) is 17.7 Å². The van der Waals surface area contributed by atoms with Crippen LogP contribution >= 0.6 is 11.6 Å². The predicted molar refractivity (Wildman–Crippen MR) is 92.2 cm³/mol. The molecule has 0 fully saturated rings. The molecule has 0 aliphatic carbocycles. The van der Waals surface area contributed by atoms with Gasteiger partial charge in [-0.05, 0) is 48.0 Å². The van der Waals surface area contributed by atoms with Crippen LogP contribution in [0.25, 0.3) is 0 Å². The molecule has 1 aromatic carbocycles.